The van der Waals surface area contributed by atoms with E-state index in [1.807, 2.05) is 0 Å². The van der Waals surface area contributed by atoms with Crippen LogP contribution in [0.3, 0.4) is 0 Å². The summed E-state index contributed by atoms with van der Waals surface area (Å²) in [5.74, 6) is 0.233. The van der Waals surface area contributed by atoms with Gasteiger partial charge in [0, 0.05) is 31.2 Å². The van der Waals surface area contributed by atoms with Gasteiger partial charge in [-0.2, -0.15) is 0 Å². The van der Waals surface area contributed by atoms with Crippen molar-refractivity contribution in [2.75, 3.05) is 25.4 Å². The lowest BCUT2D eigenvalue weighted by Crippen LogP contribution is -2.65. The smallest absolute Gasteiger partial charge is 0.156 e. The second-order valence-corrected chi connectivity index (χ2v) is 11.9. The summed E-state index contributed by atoms with van der Waals surface area (Å²) >= 11 is 0. The number of nitrogens with zero attached hydrogens (tertiary/aromatic N) is 1. The Bertz CT molecular complexity index is 456. The van der Waals surface area contributed by atoms with Crippen molar-refractivity contribution < 1.29 is 8.42 Å². The lowest BCUT2D eigenvalue weighted by atomic mass is 9.83. The summed E-state index contributed by atoms with van der Waals surface area (Å²) in [4.78, 5) is 2.34. The molecule has 0 radical (unpaired) electrons. The van der Waals surface area contributed by atoms with Crippen molar-refractivity contribution in [3.63, 3.8) is 0 Å². The van der Waals surface area contributed by atoms with Crippen LogP contribution in [0.5, 0.6) is 0 Å². The molecule has 0 aromatic rings. The van der Waals surface area contributed by atoms with Crippen LogP contribution < -0.4 is 5.32 Å². The lowest BCUT2D eigenvalue weighted by molar-refractivity contribution is 0.0411. The average Bonchev–Trinajstić information content (AvgIpc) is 2.23. The Morgan fingerprint density at radius 1 is 1.14 bits per heavy atom. The van der Waals surface area contributed by atoms with Gasteiger partial charge >= 0.3 is 0 Å². The van der Waals surface area contributed by atoms with Crippen molar-refractivity contribution in [3.05, 3.63) is 0 Å². The maximum absolute atomic E-state index is 12.3. The summed E-state index contributed by atoms with van der Waals surface area (Å²) in [6.07, 6.45) is 0. The summed E-state index contributed by atoms with van der Waals surface area (Å²) in [6.45, 7) is 18.8. The SMILES string of the molecule is CC(C)(C)C1CN(CCS(=O)(=O)C(C)(C)C)C(C)(C)CN1. The fourth-order valence-corrected chi connectivity index (χ4v) is 3.60. The molecular formula is C16H34N2O2S. The quantitative estimate of drug-likeness (QED) is 0.867. The van der Waals surface area contributed by atoms with E-state index in [2.05, 4.69) is 44.8 Å². The first kappa shape index (κ1) is 18.9. The largest absolute Gasteiger partial charge is 0.310 e. The van der Waals surface area contributed by atoms with Gasteiger partial charge in [-0.15, -0.1) is 0 Å². The van der Waals surface area contributed by atoms with Crippen molar-refractivity contribution in [3.8, 4) is 0 Å². The third-order valence-electron chi connectivity index (χ3n) is 4.65. The van der Waals surface area contributed by atoms with Crippen molar-refractivity contribution >= 4 is 9.84 Å². The van der Waals surface area contributed by atoms with Gasteiger partial charge < -0.3 is 5.32 Å². The van der Waals surface area contributed by atoms with E-state index in [-0.39, 0.29) is 16.7 Å². The number of piperazine rings is 1. The number of rotatable bonds is 3. The first-order valence-electron chi connectivity index (χ1n) is 7.87. The van der Waals surface area contributed by atoms with Gasteiger partial charge in [0.15, 0.2) is 9.84 Å². The van der Waals surface area contributed by atoms with Crippen LogP contribution in [0.4, 0.5) is 0 Å². The predicted molar refractivity (Wildman–Crippen MR) is 90.4 cm³/mol. The molecule has 1 atom stereocenters. The molecule has 1 N–H and O–H groups in total. The Balaban J connectivity index is 2.80. The number of hydrogen-bond acceptors (Lipinski definition) is 4. The number of sulfone groups is 1. The molecule has 21 heavy (non-hydrogen) atoms. The Hall–Kier alpha value is -0.130. The molecule has 0 aromatic carbocycles. The van der Waals surface area contributed by atoms with Gasteiger partial charge in [0.25, 0.3) is 0 Å². The molecule has 1 aliphatic rings. The van der Waals surface area contributed by atoms with E-state index in [0.29, 0.717) is 12.6 Å². The molecule has 0 aromatic heterocycles. The first-order chi connectivity index (χ1) is 9.17. The molecule has 1 fully saturated rings. The first-order valence-corrected chi connectivity index (χ1v) is 9.53. The minimum Gasteiger partial charge on any atom is -0.310 e. The van der Waals surface area contributed by atoms with Gasteiger partial charge in [-0.25, -0.2) is 8.42 Å². The maximum Gasteiger partial charge on any atom is 0.156 e. The second kappa shape index (κ2) is 5.82. The second-order valence-electron chi connectivity index (χ2n) is 8.99. The highest BCUT2D eigenvalue weighted by Gasteiger charge is 2.39. The van der Waals surface area contributed by atoms with Crippen LogP contribution in [0.2, 0.25) is 0 Å². The van der Waals surface area contributed by atoms with Gasteiger partial charge in [0.1, 0.15) is 0 Å². The molecule has 5 heteroatoms. The third kappa shape index (κ3) is 4.67. The third-order valence-corrected chi connectivity index (χ3v) is 7.23. The van der Waals surface area contributed by atoms with E-state index >= 15 is 0 Å². The predicted octanol–water partition coefficient (Wildman–Crippen LogP) is 2.30. The zero-order valence-corrected chi connectivity index (χ0v) is 15.9. The molecule has 0 amide bonds. The molecular weight excluding hydrogens is 284 g/mol. The Labute approximate surface area is 131 Å². The standard InChI is InChI=1S/C16H34N2O2S/c1-14(2,3)13-11-18(16(7,8)12-17-13)9-10-21(19,20)15(4,5)6/h13,17H,9-12H2,1-8H3. The summed E-state index contributed by atoms with van der Waals surface area (Å²) in [7, 11) is -3.06. The van der Waals surface area contributed by atoms with Crippen LogP contribution in [0.25, 0.3) is 0 Å². The normalized spacial score (nSPS) is 25.0. The van der Waals surface area contributed by atoms with Crippen LogP contribution in [0.1, 0.15) is 55.4 Å². The Morgan fingerprint density at radius 3 is 2.10 bits per heavy atom. The molecule has 1 aliphatic heterocycles. The highest BCUT2D eigenvalue weighted by atomic mass is 32.2. The zero-order chi connectivity index (χ0) is 16.7. The van der Waals surface area contributed by atoms with Crippen LogP contribution in [-0.2, 0) is 9.84 Å². The summed E-state index contributed by atoms with van der Waals surface area (Å²) in [5, 5.41) is 3.62. The summed E-state index contributed by atoms with van der Waals surface area (Å²) in [6, 6.07) is 0.392. The van der Waals surface area contributed by atoms with E-state index < -0.39 is 14.6 Å². The van der Waals surface area contributed by atoms with Crippen LogP contribution in [0, 0.1) is 5.41 Å². The van der Waals surface area contributed by atoms with E-state index in [4.69, 9.17) is 0 Å². The topological polar surface area (TPSA) is 49.4 Å². The molecule has 1 unspecified atom stereocenters. The van der Waals surface area contributed by atoms with Crippen LogP contribution in [0.15, 0.2) is 0 Å². The van der Waals surface area contributed by atoms with Gasteiger partial charge in [-0.3, -0.25) is 4.90 Å². The molecule has 1 saturated heterocycles. The average molecular weight is 319 g/mol. The highest BCUT2D eigenvalue weighted by molar-refractivity contribution is 7.92. The summed E-state index contributed by atoms with van der Waals surface area (Å²) in [5.41, 5.74) is 0.173. The van der Waals surface area contributed by atoms with Crippen molar-refractivity contribution in [1.29, 1.82) is 0 Å². The maximum atomic E-state index is 12.3. The van der Waals surface area contributed by atoms with Crippen LogP contribution in [-0.4, -0.2) is 55.0 Å². The molecule has 1 heterocycles. The number of nitrogens with one attached hydrogen (secondary N) is 1. The van der Waals surface area contributed by atoms with Crippen molar-refractivity contribution in [1.82, 2.24) is 10.2 Å². The Kier molecular flexibility index (Phi) is 5.24. The minimum absolute atomic E-state index is 0.00481. The van der Waals surface area contributed by atoms with E-state index in [9.17, 15) is 8.42 Å². The zero-order valence-electron chi connectivity index (χ0n) is 15.1. The highest BCUT2D eigenvalue weighted by Crippen LogP contribution is 2.28. The van der Waals surface area contributed by atoms with Gasteiger partial charge in [-0.05, 0) is 40.0 Å². The fraction of sp³-hybridized carbons (Fsp3) is 1.00. The van der Waals surface area contributed by atoms with Gasteiger partial charge in [-0.1, -0.05) is 20.8 Å². The fourth-order valence-electron chi connectivity index (χ4n) is 2.53. The molecule has 0 saturated carbocycles. The number of hydrogen-bond donors (Lipinski definition) is 1. The monoisotopic (exact) mass is 318 g/mol. The molecule has 0 aliphatic carbocycles. The molecule has 1 rings (SSSR count). The van der Waals surface area contributed by atoms with Crippen LogP contribution >= 0.6 is 0 Å². The Morgan fingerprint density at radius 2 is 1.67 bits per heavy atom. The minimum atomic E-state index is -3.06. The summed E-state index contributed by atoms with van der Waals surface area (Å²) < 4.78 is 24.0. The molecule has 4 nitrogen and oxygen atoms in total. The lowest BCUT2D eigenvalue weighted by Gasteiger charge is -2.49. The molecule has 0 spiro atoms. The molecule has 0 bridgehead atoms. The van der Waals surface area contributed by atoms with Crippen molar-refractivity contribution in [2.24, 2.45) is 5.41 Å². The van der Waals surface area contributed by atoms with E-state index in [1.165, 1.54) is 0 Å². The van der Waals surface area contributed by atoms with Gasteiger partial charge in [0.2, 0.25) is 0 Å². The van der Waals surface area contributed by atoms with Gasteiger partial charge in [0.05, 0.1) is 10.5 Å². The molecule has 126 valence electrons. The van der Waals surface area contributed by atoms with E-state index in [0.717, 1.165) is 13.1 Å². The van der Waals surface area contributed by atoms with Crippen molar-refractivity contribution in [2.45, 2.75) is 71.7 Å². The van der Waals surface area contributed by atoms with E-state index in [1.54, 1.807) is 20.8 Å².